The maximum atomic E-state index is 10.6. The summed E-state index contributed by atoms with van der Waals surface area (Å²) in [7, 11) is 0. The molecule has 0 aromatic heterocycles. The highest BCUT2D eigenvalue weighted by atomic mass is 16.6. The van der Waals surface area contributed by atoms with Crippen molar-refractivity contribution in [1.82, 2.24) is 5.32 Å². The number of rotatable bonds is 5. The van der Waals surface area contributed by atoms with Crippen LogP contribution in [-0.2, 0) is 0 Å². The van der Waals surface area contributed by atoms with Gasteiger partial charge in [-0.3, -0.25) is 10.1 Å². The largest absolute Gasteiger partial charge is 0.306 e. The van der Waals surface area contributed by atoms with Crippen LogP contribution in [0.2, 0.25) is 0 Å². The zero-order valence-electron chi connectivity index (χ0n) is 9.56. The van der Waals surface area contributed by atoms with E-state index < -0.39 is 0 Å². The molecule has 0 bridgehead atoms. The Balaban J connectivity index is 2.75. The van der Waals surface area contributed by atoms with Crippen LogP contribution >= 0.6 is 0 Å². The Hall–Kier alpha value is -1.68. The van der Waals surface area contributed by atoms with E-state index in [2.05, 4.69) is 11.9 Å². The van der Waals surface area contributed by atoms with Crippen LogP contribution in [0.15, 0.2) is 36.4 Å². The Kier molecular flexibility index (Phi) is 4.19. The first-order chi connectivity index (χ1) is 7.50. The predicted octanol–water partition coefficient (Wildman–Crippen LogP) is 2.82. The SMILES string of the molecule is C=C(C)CN[C@H](C)c1cccc([N+](=O)[O-])c1. The van der Waals surface area contributed by atoms with Crippen molar-refractivity contribution in [3.63, 3.8) is 0 Å². The van der Waals surface area contributed by atoms with Crippen LogP contribution in [0.3, 0.4) is 0 Å². The number of nitrogens with one attached hydrogen (secondary N) is 1. The molecule has 0 heterocycles. The second-order valence-corrected chi connectivity index (χ2v) is 3.91. The summed E-state index contributed by atoms with van der Waals surface area (Å²) in [6.45, 7) is 8.42. The molecule has 0 amide bonds. The number of nitrogens with zero attached hydrogens (tertiary/aromatic N) is 1. The molecule has 0 aliphatic heterocycles. The molecular formula is C12H16N2O2. The fourth-order valence-corrected chi connectivity index (χ4v) is 1.35. The highest BCUT2D eigenvalue weighted by Gasteiger charge is 2.09. The minimum absolute atomic E-state index is 0.0802. The third kappa shape index (κ3) is 3.47. The quantitative estimate of drug-likeness (QED) is 0.471. The van der Waals surface area contributed by atoms with E-state index in [9.17, 15) is 10.1 Å². The van der Waals surface area contributed by atoms with Gasteiger partial charge < -0.3 is 5.32 Å². The molecule has 1 aromatic rings. The van der Waals surface area contributed by atoms with E-state index in [1.54, 1.807) is 12.1 Å². The molecule has 0 aliphatic carbocycles. The van der Waals surface area contributed by atoms with Gasteiger partial charge in [-0.1, -0.05) is 24.3 Å². The summed E-state index contributed by atoms with van der Waals surface area (Å²) in [5.41, 5.74) is 2.08. The van der Waals surface area contributed by atoms with E-state index in [4.69, 9.17) is 0 Å². The molecule has 0 fully saturated rings. The minimum Gasteiger partial charge on any atom is -0.306 e. The van der Waals surface area contributed by atoms with Crippen LogP contribution in [0.25, 0.3) is 0 Å². The summed E-state index contributed by atoms with van der Waals surface area (Å²) in [5, 5.41) is 13.9. The van der Waals surface area contributed by atoms with Gasteiger partial charge in [-0.15, -0.1) is 0 Å². The molecule has 0 radical (unpaired) electrons. The van der Waals surface area contributed by atoms with Crippen LogP contribution < -0.4 is 5.32 Å². The van der Waals surface area contributed by atoms with Crippen molar-refractivity contribution >= 4 is 5.69 Å². The van der Waals surface area contributed by atoms with Gasteiger partial charge in [-0.25, -0.2) is 0 Å². The number of nitro groups is 1. The summed E-state index contributed by atoms with van der Waals surface area (Å²) >= 11 is 0. The topological polar surface area (TPSA) is 55.2 Å². The van der Waals surface area contributed by atoms with Crippen molar-refractivity contribution in [3.8, 4) is 0 Å². The smallest absolute Gasteiger partial charge is 0.269 e. The second-order valence-electron chi connectivity index (χ2n) is 3.91. The first-order valence-electron chi connectivity index (χ1n) is 5.13. The number of non-ortho nitro benzene ring substituents is 1. The average molecular weight is 220 g/mol. The molecule has 0 spiro atoms. The van der Waals surface area contributed by atoms with Crippen molar-refractivity contribution in [2.45, 2.75) is 19.9 Å². The predicted molar refractivity (Wildman–Crippen MR) is 64.3 cm³/mol. The summed E-state index contributed by atoms with van der Waals surface area (Å²) in [4.78, 5) is 10.2. The zero-order valence-corrected chi connectivity index (χ0v) is 9.56. The van der Waals surface area contributed by atoms with Crippen molar-refractivity contribution in [3.05, 3.63) is 52.1 Å². The summed E-state index contributed by atoms with van der Waals surface area (Å²) in [5.74, 6) is 0. The van der Waals surface area contributed by atoms with E-state index in [1.165, 1.54) is 6.07 Å². The zero-order chi connectivity index (χ0) is 12.1. The highest BCUT2D eigenvalue weighted by Crippen LogP contribution is 2.18. The summed E-state index contributed by atoms with van der Waals surface area (Å²) in [6.07, 6.45) is 0. The fraction of sp³-hybridized carbons (Fsp3) is 0.333. The van der Waals surface area contributed by atoms with Crippen molar-refractivity contribution < 1.29 is 4.92 Å². The molecule has 0 unspecified atom stereocenters. The standard InChI is InChI=1S/C12H16N2O2/c1-9(2)8-13-10(3)11-5-4-6-12(7-11)14(15)16/h4-7,10,13H,1,8H2,2-3H3/t10-/m1/s1. The molecule has 0 aliphatic rings. The van der Waals surface area contributed by atoms with E-state index in [-0.39, 0.29) is 16.7 Å². The van der Waals surface area contributed by atoms with Crippen molar-refractivity contribution in [1.29, 1.82) is 0 Å². The first-order valence-corrected chi connectivity index (χ1v) is 5.13. The van der Waals surface area contributed by atoms with Crippen LogP contribution in [0.5, 0.6) is 0 Å². The molecule has 1 atom stereocenters. The van der Waals surface area contributed by atoms with E-state index in [0.29, 0.717) is 6.54 Å². The lowest BCUT2D eigenvalue weighted by molar-refractivity contribution is -0.384. The van der Waals surface area contributed by atoms with Crippen LogP contribution in [0.1, 0.15) is 25.5 Å². The van der Waals surface area contributed by atoms with Gasteiger partial charge in [0.25, 0.3) is 5.69 Å². The van der Waals surface area contributed by atoms with Gasteiger partial charge in [0.05, 0.1) is 4.92 Å². The van der Waals surface area contributed by atoms with Crippen LogP contribution in [-0.4, -0.2) is 11.5 Å². The first kappa shape index (κ1) is 12.4. The number of hydrogen-bond donors (Lipinski definition) is 1. The molecule has 0 saturated carbocycles. The lowest BCUT2D eigenvalue weighted by Gasteiger charge is -2.13. The van der Waals surface area contributed by atoms with E-state index in [1.807, 2.05) is 19.9 Å². The Morgan fingerprint density at radius 1 is 1.62 bits per heavy atom. The van der Waals surface area contributed by atoms with E-state index >= 15 is 0 Å². The average Bonchev–Trinajstić information content (AvgIpc) is 2.26. The maximum absolute atomic E-state index is 10.6. The monoisotopic (exact) mass is 220 g/mol. The molecule has 1 aromatic carbocycles. The normalized spacial score (nSPS) is 12.1. The van der Waals surface area contributed by atoms with Gasteiger partial charge in [-0.05, 0) is 19.4 Å². The Bertz CT molecular complexity index is 402. The van der Waals surface area contributed by atoms with Crippen LogP contribution in [0.4, 0.5) is 5.69 Å². The Labute approximate surface area is 95.1 Å². The molecule has 1 N–H and O–H groups in total. The molecule has 16 heavy (non-hydrogen) atoms. The molecular weight excluding hydrogens is 204 g/mol. The van der Waals surface area contributed by atoms with Gasteiger partial charge in [0.15, 0.2) is 0 Å². The number of nitro benzene ring substituents is 1. The van der Waals surface area contributed by atoms with Gasteiger partial charge in [0.2, 0.25) is 0 Å². The third-order valence-corrected chi connectivity index (χ3v) is 2.29. The summed E-state index contributed by atoms with van der Waals surface area (Å²) < 4.78 is 0. The molecule has 4 nitrogen and oxygen atoms in total. The van der Waals surface area contributed by atoms with E-state index in [0.717, 1.165) is 11.1 Å². The Morgan fingerprint density at radius 3 is 2.88 bits per heavy atom. The van der Waals surface area contributed by atoms with Gasteiger partial charge >= 0.3 is 0 Å². The Morgan fingerprint density at radius 2 is 2.31 bits per heavy atom. The third-order valence-electron chi connectivity index (χ3n) is 2.29. The van der Waals surface area contributed by atoms with Crippen molar-refractivity contribution in [2.24, 2.45) is 0 Å². The molecule has 1 rings (SSSR count). The fourth-order valence-electron chi connectivity index (χ4n) is 1.35. The maximum Gasteiger partial charge on any atom is 0.269 e. The van der Waals surface area contributed by atoms with Gasteiger partial charge in [0.1, 0.15) is 0 Å². The van der Waals surface area contributed by atoms with Crippen molar-refractivity contribution in [2.75, 3.05) is 6.54 Å². The minimum atomic E-state index is -0.380. The lowest BCUT2D eigenvalue weighted by Crippen LogP contribution is -2.20. The number of hydrogen-bond acceptors (Lipinski definition) is 3. The highest BCUT2D eigenvalue weighted by molar-refractivity contribution is 5.35. The second kappa shape index (κ2) is 5.42. The lowest BCUT2D eigenvalue weighted by atomic mass is 10.1. The molecule has 4 heteroatoms. The van der Waals surface area contributed by atoms with Gasteiger partial charge in [0, 0.05) is 24.7 Å². The summed E-state index contributed by atoms with van der Waals surface area (Å²) in [6, 6.07) is 6.75. The molecule has 0 saturated heterocycles. The molecule has 86 valence electrons. The number of benzene rings is 1. The van der Waals surface area contributed by atoms with Gasteiger partial charge in [-0.2, -0.15) is 0 Å². The van der Waals surface area contributed by atoms with Crippen LogP contribution in [0, 0.1) is 10.1 Å².